The number of alkyl halides is 3. The Labute approximate surface area is 233 Å². The van der Waals surface area contributed by atoms with Crippen LogP contribution >= 0.6 is 0 Å². The number of nitrogens with zero attached hydrogens (tertiary/aromatic N) is 5. The fourth-order valence-electron chi connectivity index (χ4n) is 4.61. The normalized spacial score (nSPS) is 12.8. The van der Waals surface area contributed by atoms with Crippen LogP contribution in [0.5, 0.6) is 0 Å². The summed E-state index contributed by atoms with van der Waals surface area (Å²) >= 11 is 0. The molecule has 0 radical (unpaired) electrons. The maximum Gasteiger partial charge on any atom is 0.416 e. The van der Waals surface area contributed by atoms with Crippen LogP contribution in [0, 0.1) is 16.0 Å². The summed E-state index contributed by atoms with van der Waals surface area (Å²) in [5, 5.41) is 16.3. The average molecular weight is 568 g/mol. The van der Waals surface area contributed by atoms with Crippen molar-refractivity contribution < 1.29 is 18.1 Å². The molecule has 0 saturated heterocycles. The van der Waals surface area contributed by atoms with Gasteiger partial charge in [-0.05, 0) is 42.2 Å². The third kappa shape index (κ3) is 6.37. The Balaban J connectivity index is 1.77. The molecule has 4 rings (SSSR count). The van der Waals surface area contributed by atoms with Crippen molar-refractivity contribution in [2.75, 3.05) is 0 Å². The van der Waals surface area contributed by atoms with E-state index in [2.05, 4.69) is 5.10 Å². The molecule has 12 heteroatoms. The highest BCUT2D eigenvalue weighted by atomic mass is 19.4. The lowest BCUT2D eigenvalue weighted by molar-refractivity contribution is -0.387. The molecule has 0 bridgehead atoms. The zero-order valence-corrected chi connectivity index (χ0v) is 22.6. The topological polar surface area (TPSA) is 105 Å². The van der Waals surface area contributed by atoms with E-state index in [-0.39, 0.29) is 30.3 Å². The van der Waals surface area contributed by atoms with Gasteiger partial charge in [-0.15, -0.1) is 0 Å². The third-order valence-corrected chi connectivity index (χ3v) is 6.53. The number of hydrogen-bond donors (Lipinski definition) is 0. The van der Waals surface area contributed by atoms with Crippen LogP contribution in [0.15, 0.2) is 76.6 Å². The molecule has 0 aliphatic carbocycles. The van der Waals surface area contributed by atoms with Gasteiger partial charge in [0, 0.05) is 18.3 Å². The Morgan fingerprint density at radius 1 is 1.00 bits per heavy atom. The van der Waals surface area contributed by atoms with Gasteiger partial charge in [0.15, 0.2) is 0 Å². The first-order chi connectivity index (χ1) is 19.4. The van der Waals surface area contributed by atoms with Crippen LogP contribution in [0.4, 0.5) is 18.9 Å². The SMILES string of the molecule is CC(C)Cn1c(/C=C/c2cnn(Cc3ccccc3C(F)(F)F)c2)c([N+](=O)[O-])c(=O)n(C(C)c2ccccc2)c1=O. The Kier molecular flexibility index (Phi) is 8.41. The summed E-state index contributed by atoms with van der Waals surface area (Å²) in [6.07, 6.45) is 1.05. The van der Waals surface area contributed by atoms with Crippen molar-refractivity contribution in [1.82, 2.24) is 18.9 Å². The van der Waals surface area contributed by atoms with Crippen LogP contribution in [0.2, 0.25) is 0 Å². The fourth-order valence-corrected chi connectivity index (χ4v) is 4.61. The Morgan fingerprint density at radius 2 is 1.66 bits per heavy atom. The Bertz CT molecular complexity index is 1700. The molecule has 0 amide bonds. The molecule has 2 aromatic carbocycles. The summed E-state index contributed by atoms with van der Waals surface area (Å²) in [6, 6.07) is 13.1. The molecule has 1 unspecified atom stereocenters. The molecule has 0 saturated carbocycles. The standard InChI is InChI=1S/C29H28F3N5O4/c1-19(2)16-35-25(26(37(40)41)27(38)36(28(35)39)20(3)22-9-5-4-6-10-22)14-13-21-15-33-34(17-21)18-23-11-7-8-12-24(23)29(30,31)32/h4-15,17,19-20H,16,18H2,1-3H3/b14-13+. The second-order valence-electron chi connectivity index (χ2n) is 10.00. The van der Waals surface area contributed by atoms with Crippen LogP contribution in [-0.2, 0) is 19.3 Å². The fraction of sp³-hybridized carbons (Fsp3) is 0.276. The molecule has 1 atom stereocenters. The molecular weight excluding hydrogens is 539 g/mol. The summed E-state index contributed by atoms with van der Waals surface area (Å²) in [7, 11) is 0. The predicted molar refractivity (Wildman–Crippen MR) is 148 cm³/mol. The van der Waals surface area contributed by atoms with E-state index in [1.54, 1.807) is 37.3 Å². The van der Waals surface area contributed by atoms with Crippen molar-refractivity contribution in [2.24, 2.45) is 5.92 Å². The van der Waals surface area contributed by atoms with Crippen molar-refractivity contribution in [3.05, 3.63) is 126 Å². The van der Waals surface area contributed by atoms with Crippen molar-refractivity contribution in [2.45, 2.75) is 46.1 Å². The van der Waals surface area contributed by atoms with Gasteiger partial charge in [-0.25, -0.2) is 9.36 Å². The first kappa shape index (κ1) is 29.2. The monoisotopic (exact) mass is 567 g/mol. The van der Waals surface area contributed by atoms with Gasteiger partial charge in [-0.3, -0.25) is 24.2 Å². The molecule has 41 heavy (non-hydrogen) atoms. The molecule has 0 aliphatic rings. The molecule has 214 valence electrons. The van der Waals surface area contributed by atoms with Crippen LogP contribution in [0.1, 0.15) is 54.8 Å². The van der Waals surface area contributed by atoms with Crippen LogP contribution < -0.4 is 11.2 Å². The van der Waals surface area contributed by atoms with E-state index in [0.29, 0.717) is 11.1 Å². The molecule has 9 nitrogen and oxygen atoms in total. The molecule has 0 spiro atoms. The number of nitro groups is 1. The van der Waals surface area contributed by atoms with Gasteiger partial charge in [0.25, 0.3) is 0 Å². The molecule has 2 aromatic heterocycles. The summed E-state index contributed by atoms with van der Waals surface area (Å²) in [5.41, 5.74) is -2.35. The van der Waals surface area contributed by atoms with E-state index in [9.17, 15) is 32.9 Å². The summed E-state index contributed by atoms with van der Waals surface area (Å²) < 4.78 is 43.6. The van der Waals surface area contributed by atoms with Gasteiger partial charge < -0.3 is 0 Å². The van der Waals surface area contributed by atoms with Crippen molar-refractivity contribution in [3.63, 3.8) is 0 Å². The van der Waals surface area contributed by atoms with Gasteiger partial charge in [0.05, 0.1) is 29.3 Å². The second-order valence-corrected chi connectivity index (χ2v) is 10.00. The van der Waals surface area contributed by atoms with E-state index < -0.39 is 39.6 Å². The van der Waals surface area contributed by atoms with Crippen molar-refractivity contribution >= 4 is 17.8 Å². The van der Waals surface area contributed by atoms with E-state index >= 15 is 0 Å². The predicted octanol–water partition coefficient (Wildman–Crippen LogP) is 5.62. The van der Waals surface area contributed by atoms with Crippen molar-refractivity contribution in [1.29, 1.82) is 0 Å². The summed E-state index contributed by atoms with van der Waals surface area (Å²) in [6.45, 7) is 5.25. The lowest BCUT2D eigenvalue weighted by Crippen LogP contribution is -2.44. The minimum atomic E-state index is -4.52. The van der Waals surface area contributed by atoms with E-state index in [4.69, 9.17) is 0 Å². The highest BCUT2D eigenvalue weighted by Gasteiger charge is 2.33. The molecule has 0 N–H and O–H groups in total. The summed E-state index contributed by atoms with van der Waals surface area (Å²) in [4.78, 5) is 38.4. The number of benzene rings is 2. The number of hydrogen-bond acceptors (Lipinski definition) is 5. The zero-order valence-electron chi connectivity index (χ0n) is 22.6. The molecule has 2 heterocycles. The van der Waals surface area contributed by atoms with Crippen LogP contribution in [-0.4, -0.2) is 23.8 Å². The largest absolute Gasteiger partial charge is 0.416 e. The van der Waals surface area contributed by atoms with Gasteiger partial charge in [0.1, 0.15) is 5.69 Å². The minimum absolute atomic E-state index is 0.0242. The van der Waals surface area contributed by atoms with Gasteiger partial charge >= 0.3 is 23.1 Å². The first-order valence-electron chi connectivity index (χ1n) is 12.8. The second kappa shape index (κ2) is 11.8. The maximum absolute atomic E-state index is 13.6. The number of halogens is 3. The van der Waals surface area contributed by atoms with Crippen LogP contribution in [0.3, 0.4) is 0 Å². The highest BCUT2D eigenvalue weighted by Crippen LogP contribution is 2.32. The average Bonchev–Trinajstić information content (AvgIpc) is 3.36. The lowest BCUT2D eigenvalue weighted by Gasteiger charge is -2.19. The van der Waals surface area contributed by atoms with Gasteiger partial charge in [-0.1, -0.05) is 62.4 Å². The molecular formula is C29H28F3N5O4. The Hall–Kier alpha value is -4.74. The number of aromatic nitrogens is 4. The van der Waals surface area contributed by atoms with Gasteiger partial charge in [0.2, 0.25) is 0 Å². The first-order valence-corrected chi connectivity index (χ1v) is 12.8. The molecule has 0 fully saturated rings. The smallest absolute Gasteiger partial charge is 0.287 e. The van der Waals surface area contributed by atoms with E-state index in [0.717, 1.165) is 10.6 Å². The molecule has 4 aromatic rings. The van der Waals surface area contributed by atoms with Gasteiger partial charge in [-0.2, -0.15) is 18.3 Å². The molecule has 0 aliphatic heterocycles. The minimum Gasteiger partial charge on any atom is -0.287 e. The quantitative estimate of drug-likeness (QED) is 0.193. The van der Waals surface area contributed by atoms with E-state index in [1.807, 2.05) is 13.8 Å². The third-order valence-electron chi connectivity index (χ3n) is 6.53. The van der Waals surface area contributed by atoms with Crippen LogP contribution in [0.25, 0.3) is 12.2 Å². The Morgan fingerprint density at radius 3 is 2.29 bits per heavy atom. The van der Waals surface area contributed by atoms with E-state index in [1.165, 1.54) is 52.0 Å². The zero-order chi connectivity index (χ0) is 29.9. The van der Waals surface area contributed by atoms with Crippen molar-refractivity contribution in [3.8, 4) is 0 Å². The lowest BCUT2D eigenvalue weighted by atomic mass is 10.1. The highest BCUT2D eigenvalue weighted by molar-refractivity contribution is 5.71. The summed E-state index contributed by atoms with van der Waals surface area (Å²) in [5.74, 6) is -0.0890. The number of rotatable bonds is 9. The maximum atomic E-state index is 13.6.